The Morgan fingerprint density at radius 2 is 2.21 bits per heavy atom. The minimum atomic E-state index is 0.358. The fraction of sp³-hybridized carbons (Fsp3) is 0.833. The van der Waals surface area contributed by atoms with E-state index in [1.54, 1.807) is 0 Å². The molecule has 2 aliphatic heterocycles. The second-order valence-electron chi connectivity index (χ2n) is 4.51. The predicted octanol–water partition coefficient (Wildman–Crippen LogP) is 1.22. The van der Waals surface area contributed by atoms with Crippen molar-refractivity contribution in [2.75, 3.05) is 13.1 Å². The number of nitrogens with zero attached hydrogens (tertiary/aromatic N) is 1. The van der Waals surface area contributed by atoms with Crippen molar-refractivity contribution >= 4 is 0 Å². The van der Waals surface area contributed by atoms with Crippen LogP contribution in [0.25, 0.3) is 0 Å². The Hall–Kier alpha value is -0.520. The van der Waals surface area contributed by atoms with Gasteiger partial charge in [-0.05, 0) is 25.7 Å². The lowest BCUT2D eigenvalue weighted by molar-refractivity contribution is 0.219. The first kappa shape index (κ1) is 10.0. The Bertz CT molecular complexity index is 231. The van der Waals surface area contributed by atoms with E-state index in [4.69, 9.17) is 6.42 Å². The lowest BCUT2D eigenvalue weighted by Gasteiger charge is -2.28. The number of nitrogens with one attached hydrogen (secondary N) is 1. The van der Waals surface area contributed by atoms with Gasteiger partial charge in [-0.1, -0.05) is 12.8 Å². The summed E-state index contributed by atoms with van der Waals surface area (Å²) < 4.78 is 0. The first-order valence-corrected chi connectivity index (χ1v) is 5.79. The average molecular weight is 192 g/mol. The summed E-state index contributed by atoms with van der Waals surface area (Å²) in [7, 11) is 0. The number of likely N-dealkylation sites (tertiary alicyclic amines) is 1. The first-order chi connectivity index (χ1) is 6.83. The summed E-state index contributed by atoms with van der Waals surface area (Å²) in [4.78, 5) is 2.48. The third kappa shape index (κ3) is 1.94. The minimum Gasteiger partial charge on any atom is -0.310 e. The molecule has 2 nitrogen and oxygen atoms in total. The van der Waals surface area contributed by atoms with Crippen LogP contribution >= 0.6 is 0 Å². The zero-order valence-electron chi connectivity index (χ0n) is 9.00. The van der Waals surface area contributed by atoms with Gasteiger partial charge < -0.3 is 5.32 Å². The molecule has 0 aromatic carbocycles. The van der Waals surface area contributed by atoms with E-state index in [0.29, 0.717) is 12.1 Å². The molecule has 2 heteroatoms. The van der Waals surface area contributed by atoms with Gasteiger partial charge in [-0.25, -0.2) is 0 Å². The van der Waals surface area contributed by atoms with Crippen molar-refractivity contribution in [2.45, 2.75) is 50.7 Å². The molecular formula is C12H20N2. The van der Waals surface area contributed by atoms with E-state index in [9.17, 15) is 0 Å². The van der Waals surface area contributed by atoms with Crippen LogP contribution in [0.3, 0.4) is 0 Å². The summed E-state index contributed by atoms with van der Waals surface area (Å²) in [5.41, 5.74) is 0. The van der Waals surface area contributed by atoms with E-state index in [-0.39, 0.29) is 0 Å². The van der Waals surface area contributed by atoms with Crippen LogP contribution in [0.4, 0.5) is 0 Å². The van der Waals surface area contributed by atoms with Gasteiger partial charge in [0, 0.05) is 25.2 Å². The second-order valence-corrected chi connectivity index (χ2v) is 4.51. The molecule has 2 bridgehead atoms. The van der Waals surface area contributed by atoms with Gasteiger partial charge in [0.1, 0.15) is 0 Å². The number of rotatable bonds is 2. The van der Waals surface area contributed by atoms with Crippen molar-refractivity contribution in [2.24, 2.45) is 0 Å². The average Bonchev–Trinajstić information content (AvgIpc) is 2.51. The monoisotopic (exact) mass is 192 g/mol. The summed E-state index contributed by atoms with van der Waals surface area (Å²) in [5, 5.41) is 3.68. The molecular weight excluding hydrogens is 172 g/mol. The Labute approximate surface area is 87.1 Å². The SMILES string of the molecule is C#CC(CC)N1CCC2CCC(C1)N2. The highest BCUT2D eigenvalue weighted by atomic mass is 15.2. The summed E-state index contributed by atoms with van der Waals surface area (Å²) in [5.74, 6) is 2.91. The third-order valence-corrected chi connectivity index (χ3v) is 3.57. The van der Waals surface area contributed by atoms with Crippen molar-refractivity contribution in [3.8, 4) is 12.3 Å². The topological polar surface area (TPSA) is 15.3 Å². The molecule has 0 radical (unpaired) electrons. The molecule has 0 spiro atoms. The van der Waals surface area contributed by atoms with Gasteiger partial charge in [0.15, 0.2) is 0 Å². The summed E-state index contributed by atoms with van der Waals surface area (Å²) in [6.07, 6.45) is 10.6. The molecule has 3 unspecified atom stereocenters. The molecule has 0 saturated carbocycles. The molecule has 1 N–H and O–H groups in total. The smallest absolute Gasteiger partial charge is 0.0709 e. The van der Waals surface area contributed by atoms with Gasteiger partial charge in [-0.2, -0.15) is 0 Å². The fourth-order valence-corrected chi connectivity index (χ4v) is 2.73. The molecule has 2 fully saturated rings. The molecule has 0 aliphatic carbocycles. The molecule has 0 aromatic heterocycles. The molecule has 14 heavy (non-hydrogen) atoms. The lowest BCUT2D eigenvalue weighted by Crippen LogP contribution is -2.40. The van der Waals surface area contributed by atoms with Crippen LogP contribution in [-0.2, 0) is 0 Å². The molecule has 3 atom stereocenters. The Morgan fingerprint density at radius 1 is 1.43 bits per heavy atom. The highest BCUT2D eigenvalue weighted by Crippen LogP contribution is 2.21. The maximum Gasteiger partial charge on any atom is 0.0709 e. The number of hydrogen-bond acceptors (Lipinski definition) is 2. The van der Waals surface area contributed by atoms with Crippen molar-refractivity contribution in [3.05, 3.63) is 0 Å². The zero-order chi connectivity index (χ0) is 9.97. The zero-order valence-corrected chi connectivity index (χ0v) is 9.00. The molecule has 0 aromatic rings. The van der Waals surface area contributed by atoms with Gasteiger partial charge in [0.05, 0.1) is 6.04 Å². The largest absolute Gasteiger partial charge is 0.310 e. The van der Waals surface area contributed by atoms with Gasteiger partial charge in [0.2, 0.25) is 0 Å². The summed E-state index contributed by atoms with van der Waals surface area (Å²) in [6, 6.07) is 1.82. The van der Waals surface area contributed by atoms with Crippen LogP contribution in [0.5, 0.6) is 0 Å². The van der Waals surface area contributed by atoms with Gasteiger partial charge in [0.25, 0.3) is 0 Å². The molecule has 78 valence electrons. The van der Waals surface area contributed by atoms with E-state index in [1.165, 1.54) is 25.8 Å². The summed E-state index contributed by atoms with van der Waals surface area (Å²) in [6.45, 7) is 4.51. The first-order valence-electron chi connectivity index (χ1n) is 5.79. The van der Waals surface area contributed by atoms with E-state index >= 15 is 0 Å². The maximum absolute atomic E-state index is 5.55. The van der Waals surface area contributed by atoms with E-state index in [2.05, 4.69) is 23.1 Å². The van der Waals surface area contributed by atoms with E-state index in [0.717, 1.165) is 19.0 Å². The Balaban J connectivity index is 1.98. The predicted molar refractivity (Wildman–Crippen MR) is 59.0 cm³/mol. The quantitative estimate of drug-likeness (QED) is 0.662. The van der Waals surface area contributed by atoms with Crippen molar-refractivity contribution in [3.63, 3.8) is 0 Å². The highest BCUT2D eigenvalue weighted by Gasteiger charge is 2.30. The number of terminal acetylenes is 1. The number of hydrogen-bond donors (Lipinski definition) is 1. The highest BCUT2D eigenvalue weighted by molar-refractivity contribution is 5.02. The van der Waals surface area contributed by atoms with E-state index < -0.39 is 0 Å². The van der Waals surface area contributed by atoms with Crippen LogP contribution in [-0.4, -0.2) is 36.1 Å². The Kier molecular flexibility index (Phi) is 3.10. The third-order valence-electron chi connectivity index (χ3n) is 3.57. The van der Waals surface area contributed by atoms with Gasteiger partial charge in [-0.3, -0.25) is 4.90 Å². The molecule has 2 aliphatic rings. The lowest BCUT2D eigenvalue weighted by atomic mass is 10.1. The molecule has 2 heterocycles. The van der Waals surface area contributed by atoms with Crippen molar-refractivity contribution in [1.82, 2.24) is 10.2 Å². The molecule has 2 saturated heterocycles. The van der Waals surface area contributed by atoms with Gasteiger partial charge >= 0.3 is 0 Å². The van der Waals surface area contributed by atoms with Crippen LogP contribution in [0.1, 0.15) is 32.6 Å². The second kappa shape index (κ2) is 4.33. The molecule has 0 amide bonds. The van der Waals surface area contributed by atoms with Crippen molar-refractivity contribution in [1.29, 1.82) is 0 Å². The number of fused-ring (bicyclic) bond motifs is 2. The van der Waals surface area contributed by atoms with Crippen LogP contribution in [0, 0.1) is 12.3 Å². The van der Waals surface area contributed by atoms with Crippen LogP contribution < -0.4 is 5.32 Å². The van der Waals surface area contributed by atoms with Crippen molar-refractivity contribution < 1.29 is 0 Å². The Morgan fingerprint density at radius 3 is 2.93 bits per heavy atom. The summed E-state index contributed by atoms with van der Waals surface area (Å²) >= 11 is 0. The fourth-order valence-electron chi connectivity index (χ4n) is 2.73. The van der Waals surface area contributed by atoms with Crippen LogP contribution in [0.15, 0.2) is 0 Å². The van der Waals surface area contributed by atoms with Gasteiger partial charge in [-0.15, -0.1) is 6.42 Å². The van der Waals surface area contributed by atoms with Crippen LogP contribution in [0.2, 0.25) is 0 Å². The minimum absolute atomic E-state index is 0.358. The molecule has 2 rings (SSSR count). The normalized spacial score (nSPS) is 34.9. The maximum atomic E-state index is 5.55. The standard InChI is InChI=1S/C12H20N2/c1-3-12(4-2)14-8-7-10-5-6-11(9-14)13-10/h1,10-13H,4-9H2,2H3. The van der Waals surface area contributed by atoms with E-state index in [1.807, 2.05) is 0 Å².